The molecular formula is C19H28N6O8. The lowest BCUT2D eigenvalue weighted by Crippen LogP contribution is -2.58. The maximum absolute atomic E-state index is 12.9. The summed E-state index contributed by atoms with van der Waals surface area (Å²) < 4.78 is 0. The molecule has 14 nitrogen and oxygen atoms in total. The Bertz CT molecular complexity index is 860. The Morgan fingerprint density at radius 2 is 1.94 bits per heavy atom. The molecule has 2 heterocycles. The number of carbonyl (C=O) groups is 5. The standard InChI is InChI=1S/C19H28N6O8/c20-11(3-4-15(27)28)16(29)24-13(8-26)18(31)25-5-1-2-14(25)17(30)23-12(19(32)33)6-10-7-21-9-22-10/h7,9,11-14,26H,1-6,8,20H2,(H,21,22)(H,23,30)(H,24,29)(H,27,28)(H,32,33). The molecule has 0 radical (unpaired) electrons. The molecule has 0 bridgehead atoms. The minimum absolute atomic E-state index is 0.0364. The number of hydrogen-bond acceptors (Lipinski definition) is 8. The van der Waals surface area contributed by atoms with E-state index in [9.17, 15) is 34.2 Å². The number of nitrogens with two attached hydrogens (primary N) is 1. The third-order valence-electron chi connectivity index (χ3n) is 5.24. The first-order valence-corrected chi connectivity index (χ1v) is 10.3. The number of aliphatic hydroxyl groups excluding tert-OH is 1. The van der Waals surface area contributed by atoms with Crippen LogP contribution in [0.2, 0.25) is 0 Å². The number of aromatic amines is 1. The van der Waals surface area contributed by atoms with Crippen LogP contribution in [0.5, 0.6) is 0 Å². The first-order valence-electron chi connectivity index (χ1n) is 10.3. The Morgan fingerprint density at radius 1 is 1.21 bits per heavy atom. The fourth-order valence-corrected chi connectivity index (χ4v) is 3.46. The van der Waals surface area contributed by atoms with Crippen LogP contribution >= 0.6 is 0 Å². The molecule has 1 fully saturated rings. The number of nitrogens with zero attached hydrogens (tertiary/aromatic N) is 2. The first-order chi connectivity index (χ1) is 15.6. The van der Waals surface area contributed by atoms with Crippen molar-refractivity contribution in [2.75, 3.05) is 13.2 Å². The number of carboxylic acids is 2. The van der Waals surface area contributed by atoms with E-state index in [2.05, 4.69) is 20.6 Å². The maximum atomic E-state index is 12.9. The van der Waals surface area contributed by atoms with Gasteiger partial charge >= 0.3 is 11.9 Å². The zero-order chi connectivity index (χ0) is 24.5. The second-order valence-corrected chi connectivity index (χ2v) is 7.65. The Hall–Kier alpha value is -3.52. The number of amides is 3. The highest BCUT2D eigenvalue weighted by atomic mass is 16.4. The van der Waals surface area contributed by atoms with E-state index < -0.39 is 60.4 Å². The van der Waals surface area contributed by atoms with Crippen LogP contribution in [0.4, 0.5) is 0 Å². The predicted octanol–water partition coefficient (Wildman–Crippen LogP) is -2.82. The van der Waals surface area contributed by atoms with Gasteiger partial charge in [-0.25, -0.2) is 9.78 Å². The number of rotatable bonds is 12. The average molecular weight is 468 g/mol. The SMILES string of the molecule is NC(CCC(=O)O)C(=O)NC(CO)C(=O)N1CCCC1C(=O)NC(Cc1cnc[nH]1)C(=O)O. The number of hydrogen-bond donors (Lipinski definition) is 7. The number of carbonyl (C=O) groups excluding carboxylic acids is 3. The largest absolute Gasteiger partial charge is 0.481 e. The molecule has 1 saturated heterocycles. The van der Waals surface area contributed by atoms with Gasteiger partial charge < -0.3 is 41.6 Å². The van der Waals surface area contributed by atoms with Gasteiger partial charge in [0.1, 0.15) is 18.1 Å². The quantitative estimate of drug-likeness (QED) is 0.166. The van der Waals surface area contributed by atoms with Gasteiger partial charge in [0.25, 0.3) is 0 Å². The molecular weight excluding hydrogens is 440 g/mol. The second kappa shape index (κ2) is 11.9. The summed E-state index contributed by atoms with van der Waals surface area (Å²) in [5.74, 6) is -4.60. The third kappa shape index (κ3) is 7.25. The molecule has 33 heavy (non-hydrogen) atoms. The molecule has 0 aromatic carbocycles. The monoisotopic (exact) mass is 468 g/mol. The van der Waals surface area contributed by atoms with Crippen LogP contribution in [-0.4, -0.2) is 97.2 Å². The minimum atomic E-state index is -1.39. The summed E-state index contributed by atoms with van der Waals surface area (Å²) in [6, 6.07) is -4.81. The maximum Gasteiger partial charge on any atom is 0.326 e. The number of carboxylic acid groups (broad SMARTS) is 2. The van der Waals surface area contributed by atoms with E-state index in [1.807, 2.05) is 0 Å². The molecule has 182 valence electrons. The number of aliphatic hydroxyl groups is 1. The van der Waals surface area contributed by atoms with E-state index in [0.29, 0.717) is 12.1 Å². The third-order valence-corrected chi connectivity index (χ3v) is 5.24. The van der Waals surface area contributed by atoms with Gasteiger partial charge in [-0.05, 0) is 19.3 Å². The van der Waals surface area contributed by atoms with E-state index >= 15 is 0 Å². The molecule has 4 atom stereocenters. The molecule has 0 spiro atoms. The molecule has 1 aromatic rings. The van der Waals surface area contributed by atoms with E-state index in [0.717, 1.165) is 0 Å². The average Bonchev–Trinajstić information content (AvgIpc) is 3.46. The van der Waals surface area contributed by atoms with Gasteiger partial charge in [-0.1, -0.05) is 0 Å². The van der Waals surface area contributed by atoms with Gasteiger partial charge in [0.15, 0.2) is 0 Å². The molecule has 1 aliphatic rings. The lowest BCUT2D eigenvalue weighted by molar-refractivity contribution is -0.145. The van der Waals surface area contributed by atoms with Gasteiger partial charge in [-0.2, -0.15) is 0 Å². The Balaban J connectivity index is 2.01. The van der Waals surface area contributed by atoms with Crippen molar-refractivity contribution < 1.29 is 39.3 Å². The summed E-state index contributed by atoms with van der Waals surface area (Å²) in [6.45, 7) is -0.592. The van der Waals surface area contributed by atoms with Gasteiger partial charge in [0.2, 0.25) is 17.7 Å². The van der Waals surface area contributed by atoms with Crippen LogP contribution in [-0.2, 0) is 30.4 Å². The Kier molecular flexibility index (Phi) is 9.30. The molecule has 2 rings (SSSR count). The van der Waals surface area contributed by atoms with Gasteiger partial charge in [0, 0.05) is 31.3 Å². The van der Waals surface area contributed by atoms with Crippen molar-refractivity contribution in [3.05, 3.63) is 18.2 Å². The summed E-state index contributed by atoms with van der Waals surface area (Å²) in [5.41, 5.74) is 6.13. The van der Waals surface area contributed by atoms with Crippen molar-refractivity contribution in [2.24, 2.45) is 5.73 Å². The summed E-state index contributed by atoms with van der Waals surface area (Å²) >= 11 is 0. The highest BCUT2D eigenvalue weighted by Crippen LogP contribution is 2.19. The van der Waals surface area contributed by atoms with E-state index in [1.54, 1.807) is 0 Å². The minimum Gasteiger partial charge on any atom is -0.481 e. The van der Waals surface area contributed by atoms with Gasteiger partial charge in [-0.3, -0.25) is 19.2 Å². The van der Waals surface area contributed by atoms with Crippen molar-refractivity contribution in [3.63, 3.8) is 0 Å². The second-order valence-electron chi connectivity index (χ2n) is 7.65. The summed E-state index contributed by atoms with van der Waals surface area (Å²) in [5, 5.41) is 32.4. The van der Waals surface area contributed by atoms with Crippen molar-refractivity contribution in [2.45, 2.75) is 56.3 Å². The molecule has 1 aliphatic heterocycles. The van der Waals surface area contributed by atoms with Crippen molar-refractivity contribution in [1.82, 2.24) is 25.5 Å². The first kappa shape index (κ1) is 25.7. The highest BCUT2D eigenvalue weighted by molar-refractivity contribution is 5.94. The van der Waals surface area contributed by atoms with Crippen molar-refractivity contribution in [1.29, 1.82) is 0 Å². The van der Waals surface area contributed by atoms with Crippen LogP contribution in [0.15, 0.2) is 12.5 Å². The van der Waals surface area contributed by atoms with Crippen LogP contribution in [0.25, 0.3) is 0 Å². The number of imidazole rings is 1. The normalized spacial score (nSPS) is 18.2. The van der Waals surface area contributed by atoms with Crippen LogP contribution in [0, 0.1) is 0 Å². The molecule has 0 saturated carbocycles. The van der Waals surface area contributed by atoms with Gasteiger partial charge in [0.05, 0.1) is 19.0 Å². The lowest BCUT2D eigenvalue weighted by Gasteiger charge is -2.29. The molecule has 1 aromatic heterocycles. The Morgan fingerprint density at radius 3 is 2.52 bits per heavy atom. The number of likely N-dealkylation sites (tertiary alicyclic amines) is 1. The number of nitrogens with one attached hydrogen (secondary N) is 3. The zero-order valence-corrected chi connectivity index (χ0v) is 17.8. The molecule has 0 aliphatic carbocycles. The van der Waals surface area contributed by atoms with E-state index in [1.165, 1.54) is 17.4 Å². The van der Waals surface area contributed by atoms with E-state index in [-0.39, 0.29) is 32.2 Å². The molecule has 3 amide bonds. The summed E-state index contributed by atoms with van der Waals surface area (Å²) in [6.07, 6.45) is 3.02. The number of aliphatic carboxylic acids is 2. The Labute approximate surface area is 188 Å². The lowest BCUT2D eigenvalue weighted by atomic mass is 10.1. The van der Waals surface area contributed by atoms with Crippen LogP contribution < -0.4 is 16.4 Å². The molecule has 8 N–H and O–H groups in total. The fourth-order valence-electron chi connectivity index (χ4n) is 3.46. The predicted molar refractivity (Wildman–Crippen MR) is 110 cm³/mol. The summed E-state index contributed by atoms with van der Waals surface area (Å²) in [4.78, 5) is 67.8. The number of aromatic nitrogens is 2. The van der Waals surface area contributed by atoms with E-state index in [4.69, 9.17) is 10.8 Å². The highest BCUT2D eigenvalue weighted by Gasteiger charge is 2.39. The fraction of sp³-hybridized carbons (Fsp3) is 0.579. The van der Waals surface area contributed by atoms with Crippen molar-refractivity contribution >= 4 is 29.7 Å². The van der Waals surface area contributed by atoms with Gasteiger partial charge in [-0.15, -0.1) is 0 Å². The topological polar surface area (TPSA) is 228 Å². The molecule has 4 unspecified atom stereocenters. The smallest absolute Gasteiger partial charge is 0.326 e. The van der Waals surface area contributed by atoms with Crippen LogP contribution in [0.1, 0.15) is 31.4 Å². The van der Waals surface area contributed by atoms with Crippen LogP contribution in [0.3, 0.4) is 0 Å². The molecule has 14 heteroatoms. The van der Waals surface area contributed by atoms with Crippen molar-refractivity contribution in [3.8, 4) is 0 Å². The summed E-state index contributed by atoms with van der Waals surface area (Å²) in [7, 11) is 0. The number of H-pyrrole nitrogens is 1. The zero-order valence-electron chi connectivity index (χ0n) is 17.8.